The van der Waals surface area contributed by atoms with Crippen molar-refractivity contribution in [2.45, 2.75) is 12.6 Å². The first-order valence-corrected chi connectivity index (χ1v) is 6.85. The van der Waals surface area contributed by atoms with Crippen LogP contribution in [-0.4, -0.2) is 45.4 Å². The van der Waals surface area contributed by atoms with E-state index in [-0.39, 0.29) is 0 Å². The van der Waals surface area contributed by atoms with Crippen LogP contribution in [0.5, 0.6) is 0 Å². The topological polar surface area (TPSA) is 27.7 Å². The molecule has 0 aliphatic carbocycles. The number of rotatable bonds is 1. The lowest BCUT2D eigenvalue weighted by Gasteiger charge is -2.45. The van der Waals surface area contributed by atoms with Crippen LogP contribution < -0.4 is 15.1 Å². The van der Waals surface area contributed by atoms with E-state index in [9.17, 15) is 0 Å². The molecule has 0 spiro atoms. The quantitative estimate of drug-likeness (QED) is 0.792. The van der Waals surface area contributed by atoms with Crippen LogP contribution in [0.2, 0.25) is 0 Å². The van der Waals surface area contributed by atoms with Gasteiger partial charge in [0.15, 0.2) is 0 Å². The lowest BCUT2D eigenvalue weighted by atomic mass is 10.0. The molecule has 1 aromatic rings. The molecule has 3 heterocycles. The van der Waals surface area contributed by atoms with Crippen molar-refractivity contribution in [3.05, 3.63) is 23.8 Å². The molecule has 1 fully saturated rings. The Morgan fingerprint density at radius 3 is 2.94 bits per heavy atom. The third-order valence-electron chi connectivity index (χ3n) is 4.27. The molecule has 1 saturated heterocycles. The molecule has 0 radical (unpaired) electrons. The van der Waals surface area contributed by atoms with Gasteiger partial charge in [0.05, 0.1) is 30.6 Å². The van der Waals surface area contributed by atoms with E-state index < -0.39 is 0 Å². The molecule has 0 aromatic heterocycles. The van der Waals surface area contributed by atoms with Gasteiger partial charge in [0.2, 0.25) is 0 Å². The van der Waals surface area contributed by atoms with Gasteiger partial charge in [-0.2, -0.15) is 0 Å². The zero-order valence-corrected chi connectivity index (χ0v) is 10.6. The lowest BCUT2D eigenvalue weighted by Crippen LogP contribution is -2.54. The molecule has 0 amide bonds. The summed E-state index contributed by atoms with van der Waals surface area (Å²) in [6.45, 7) is 7.25. The SMILES string of the molecule is c1cc2c3c(c1)N(C1COC1)CCN3CCNC2. The minimum atomic E-state index is 0.592. The predicted octanol–water partition coefficient (Wildman–Crippen LogP) is 0.815. The van der Waals surface area contributed by atoms with Crippen molar-refractivity contribution in [1.29, 1.82) is 0 Å². The van der Waals surface area contributed by atoms with Crippen LogP contribution in [0.25, 0.3) is 0 Å². The van der Waals surface area contributed by atoms with E-state index in [4.69, 9.17) is 4.74 Å². The van der Waals surface area contributed by atoms with Crippen molar-refractivity contribution in [2.75, 3.05) is 49.2 Å². The summed E-state index contributed by atoms with van der Waals surface area (Å²) in [7, 11) is 0. The van der Waals surface area contributed by atoms with Gasteiger partial charge < -0.3 is 19.9 Å². The van der Waals surface area contributed by atoms with Gasteiger partial charge in [0.25, 0.3) is 0 Å². The van der Waals surface area contributed by atoms with Gasteiger partial charge in [-0.1, -0.05) is 12.1 Å². The van der Waals surface area contributed by atoms with E-state index in [1.54, 1.807) is 0 Å². The molecule has 1 aromatic carbocycles. The third kappa shape index (κ3) is 1.52. The smallest absolute Gasteiger partial charge is 0.0758 e. The maximum absolute atomic E-state index is 5.36. The van der Waals surface area contributed by atoms with Gasteiger partial charge in [-0.15, -0.1) is 0 Å². The van der Waals surface area contributed by atoms with Crippen LogP contribution in [0.1, 0.15) is 5.56 Å². The van der Waals surface area contributed by atoms with E-state index in [0.29, 0.717) is 6.04 Å². The molecule has 3 aliphatic heterocycles. The summed E-state index contributed by atoms with van der Waals surface area (Å²) in [5.74, 6) is 0. The number of para-hydroxylation sites is 1. The van der Waals surface area contributed by atoms with Crippen molar-refractivity contribution in [3.63, 3.8) is 0 Å². The Kier molecular flexibility index (Phi) is 2.45. The van der Waals surface area contributed by atoms with Crippen LogP contribution in [-0.2, 0) is 11.3 Å². The molecule has 0 saturated carbocycles. The summed E-state index contributed by atoms with van der Waals surface area (Å²) in [6.07, 6.45) is 0. The molecule has 0 unspecified atom stereocenters. The molecule has 18 heavy (non-hydrogen) atoms. The van der Waals surface area contributed by atoms with E-state index in [2.05, 4.69) is 33.3 Å². The molecule has 1 N–H and O–H groups in total. The highest BCUT2D eigenvalue weighted by Crippen LogP contribution is 2.38. The number of nitrogens with zero attached hydrogens (tertiary/aromatic N) is 2. The summed E-state index contributed by atoms with van der Waals surface area (Å²) < 4.78 is 5.36. The number of hydrogen-bond acceptors (Lipinski definition) is 4. The van der Waals surface area contributed by atoms with Crippen molar-refractivity contribution in [1.82, 2.24) is 5.32 Å². The van der Waals surface area contributed by atoms with Crippen molar-refractivity contribution in [3.8, 4) is 0 Å². The number of nitrogens with one attached hydrogen (secondary N) is 1. The molecule has 96 valence electrons. The number of benzene rings is 1. The van der Waals surface area contributed by atoms with Gasteiger partial charge in [-0.3, -0.25) is 0 Å². The van der Waals surface area contributed by atoms with E-state index in [1.807, 2.05) is 0 Å². The summed E-state index contributed by atoms with van der Waals surface area (Å²) in [4.78, 5) is 5.09. The van der Waals surface area contributed by atoms with Gasteiger partial charge >= 0.3 is 0 Å². The number of ether oxygens (including phenoxy) is 1. The second-order valence-electron chi connectivity index (χ2n) is 5.33. The molecule has 4 nitrogen and oxygen atoms in total. The Morgan fingerprint density at radius 2 is 2.11 bits per heavy atom. The average Bonchev–Trinajstić information content (AvgIpc) is 2.54. The van der Waals surface area contributed by atoms with Gasteiger partial charge in [-0.25, -0.2) is 0 Å². The van der Waals surface area contributed by atoms with Crippen LogP contribution >= 0.6 is 0 Å². The van der Waals surface area contributed by atoms with Crippen LogP contribution in [0.4, 0.5) is 11.4 Å². The Labute approximate surface area is 108 Å². The zero-order valence-electron chi connectivity index (χ0n) is 10.6. The molecule has 4 heteroatoms. The van der Waals surface area contributed by atoms with E-state index in [1.165, 1.54) is 16.9 Å². The van der Waals surface area contributed by atoms with E-state index in [0.717, 1.165) is 45.9 Å². The average molecular weight is 245 g/mol. The van der Waals surface area contributed by atoms with Crippen LogP contribution in [0.3, 0.4) is 0 Å². The minimum absolute atomic E-state index is 0.592. The monoisotopic (exact) mass is 245 g/mol. The van der Waals surface area contributed by atoms with Gasteiger partial charge in [0, 0.05) is 32.7 Å². The fraction of sp³-hybridized carbons (Fsp3) is 0.571. The Morgan fingerprint density at radius 1 is 1.17 bits per heavy atom. The number of anilines is 2. The Hall–Kier alpha value is -1.26. The third-order valence-corrected chi connectivity index (χ3v) is 4.27. The fourth-order valence-electron chi connectivity index (χ4n) is 3.22. The van der Waals surface area contributed by atoms with Crippen molar-refractivity contribution >= 4 is 11.4 Å². The number of hydrogen-bond donors (Lipinski definition) is 1. The maximum Gasteiger partial charge on any atom is 0.0758 e. The van der Waals surface area contributed by atoms with Crippen molar-refractivity contribution in [2.24, 2.45) is 0 Å². The highest BCUT2D eigenvalue weighted by atomic mass is 16.5. The first-order valence-electron chi connectivity index (χ1n) is 6.85. The molecular weight excluding hydrogens is 226 g/mol. The minimum Gasteiger partial charge on any atom is -0.377 e. The van der Waals surface area contributed by atoms with E-state index >= 15 is 0 Å². The molecular formula is C14H19N3O. The Bertz CT molecular complexity index is 458. The van der Waals surface area contributed by atoms with Gasteiger partial charge in [0.1, 0.15) is 0 Å². The summed E-state index contributed by atoms with van der Waals surface area (Å²) in [5.41, 5.74) is 4.31. The second-order valence-corrected chi connectivity index (χ2v) is 5.33. The first kappa shape index (κ1) is 10.6. The summed E-state index contributed by atoms with van der Waals surface area (Å²) in [6, 6.07) is 7.31. The Balaban J connectivity index is 1.78. The highest BCUT2D eigenvalue weighted by Gasteiger charge is 2.33. The van der Waals surface area contributed by atoms with Gasteiger partial charge in [-0.05, 0) is 11.6 Å². The van der Waals surface area contributed by atoms with Crippen molar-refractivity contribution < 1.29 is 4.74 Å². The molecule has 4 rings (SSSR count). The standard InChI is InChI=1S/C14H19N3O/c1-2-11-8-15-4-5-16-6-7-17(12-9-18-10-12)13(3-1)14(11)16/h1-3,12,15H,4-10H2. The molecule has 0 bridgehead atoms. The zero-order chi connectivity index (χ0) is 11.9. The van der Waals surface area contributed by atoms with Crippen LogP contribution in [0, 0.1) is 0 Å². The maximum atomic E-state index is 5.36. The predicted molar refractivity (Wildman–Crippen MR) is 72.3 cm³/mol. The normalized spacial score (nSPS) is 23.3. The first-order chi connectivity index (χ1) is 8.93. The highest BCUT2D eigenvalue weighted by molar-refractivity contribution is 5.77. The largest absolute Gasteiger partial charge is 0.377 e. The fourth-order valence-corrected chi connectivity index (χ4v) is 3.22. The van der Waals surface area contributed by atoms with Crippen LogP contribution in [0.15, 0.2) is 18.2 Å². The lowest BCUT2D eigenvalue weighted by molar-refractivity contribution is 0.00802. The molecule has 0 atom stereocenters. The summed E-state index contributed by atoms with van der Waals surface area (Å²) in [5, 5.41) is 3.51. The molecule has 3 aliphatic rings. The summed E-state index contributed by atoms with van der Waals surface area (Å²) >= 11 is 0. The second kappa shape index (κ2) is 4.14.